The van der Waals surface area contributed by atoms with Crippen LogP contribution in [0, 0.1) is 22.7 Å². The molecule has 1 saturated heterocycles. The average Bonchev–Trinajstić information content (AvgIpc) is 2.83. The van der Waals surface area contributed by atoms with Crippen molar-refractivity contribution in [3.63, 3.8) is 0 Å². The van der Waals surface area contributed by atoms with Crippen LogP contribution < -0.4 is 0 Å². The summed E-state index contributed by atoms with van der Waals surface area (Å²) in [6, 6.07) is 12.3. The minimum Gasteiger partial charge on any atom is -0.198 e. The van der Waals surface area contributed by atoms with E-state index in [1.54, 1.807) is 0 Å². The molecule has 1 nitrogen and oxygen atoms in total. The zero-order chi connectivity index (χ0) is 21.9. The third-order valence-corrected chi connectivity index (χ3v) is 10.8. The first kappa shape index (κ1) is 25.0. The van der Waals surface area contributed by atoms with Gasteiger partial charge in [0.2, 0.25) is 0 Å². The second-order valence-electron chi connectivity index (χ2n) is 10.0. The molecule has 0 unspecified atom stereocenters. The predicted molar refractivity (Wildman–Crippen MR) is 140 cm³/mol. The molecule has 1 heterocycles. The number of hydrogen-bond acceptors (Lipinski definition) is 3. The van der Waals surface area contributed by atoms with Gasteiger partial charge in [0.05, 0.1) is 16.1 Å². The number of unbranched alkanes of at least 4 members (excludes halogenated alkanes) is 5. The lowest BCUT2D eigenvalue weighted by Gasteiger charge is -2.35. The molecule has 1 aliphatic carbocycles. The Bertz CT molecular complexity index is 661. The van der Waals surface area contributed by atoms with Crippen molar-refractivity contribution in [1.82, 2.24) is 0 Å². The molecule has 1 aromatic carbocycles. The Balaban J connectivity index is 1.42. The first-order valence-electron chi connectivity index (χ1n) is 12.9. The summed E-state index contributed by atoms with van der Waals surface area (Å²) >= 11 is 4.34. The van der Waals surface area contributed by atoms with E-state index < -0.39 is 0 Å². The van der Waals surface area contributed by atoms with Gasteiger partial charge in [0, 0.05) is 0 Å². The first-order chi connectivity index (χ1) is 15.2. The molecule has 0 N–H and O–H groups in total. The van der Waals surface area contributed by atoms with Gasteiger partial charge in [-0.25, -0.2) is 0 Å². The molecule has 0 spiro atoms. The molecular formula is C28H43NS2. The lowest BCUT2D eigenvalue weighted by atomic mass is 9.67. The summed E-state index contributed by atoms with van der Waals surface area (Å²) in [6.45, 7) is 4.53. The smallest absolute Gasteiger partial charge is 0.0751 e. The molecule has 0 atom stereocenters. The van der Waals surface area contributed by atoms with E-state index in [1.807, 2.05) is 0 Å². The molecule has 0 amide bonds. The van der Waals surface area contributed by atoms with Crippen LogP contribution in [0.1, 0.15) is 119 Å². The second-order valence-corrected chi connectivity index (χ2v) is 12.6. The van der Waals surface area contributed by atoms with Gasteiger partial charge >= 0.3 is 0 Å². The highest BCUT2D eigenvalue weighted by Crippen LogP contribution is 2.48. The Hall–Kier alpha value is -0.590. The normalized spacial score (nSPS) is 28.9. The molecular weight excluding hydrogens is 414 g/mol. The van der Waals surface area contributed by atoms with Gasteiger partial charge in [0.15, 0.2) is 0 Å². The Labute approximate surface area is 200 Å². The topological polar surface area (TPSA) is 23.8 Å². The molecule has 2 fully saturated rings. The van der Waals surface area contributed by atoms with Crippen LogP contribution in [-0.2, 0) is 0 Å². The van der Waals surface area contributed by atoms with Gasteiger partial charge in [-0.2, -0.15) is 5.26 Å². The maximum absolute atomic E-state index is 9.75. The van der Waals surface area contributed by atoms with Crippen LogP contribution in [0.5, 0.6) is 0 Å². The minimum atomic E-state index is -0.0334. The van der Waals surface area contributed by atoms with Crippen LogP contribution in [0.15, 0.2) is 24.3 Å². The van der Waals surface area contributed by atoms with Crippen LogP contribution >= 0.6 is 23.5 Å². The van der Waals surface area contributed by atoms with Crippen LogP contribution in [0.4, 0.5) is 0 Å². The number of benzene rings is 1. The van der Waals surface area contributed by atoms with E-state index in [2.05, 4.69) is 67.7 Å². The first-order valence-corrected chi connectivity index (χ1v) is 15.0. The summed E-state index contributed by atoms with van der Waals surface area (Å²) in [4.78, 5) is 0. The fourth-order valence-electron chi connectivity index (χ4n) is 5.30. The van der Waals surface area contributed by atoms with E-state index in [0.29, 0.717) is 10.5 Å². The lowest BCUT2D eigenvalue weighted by Crippen LogP contribution is -2.25. The molecule has 3 rings (SSSR count). The molecule has 0 radical (unpaired) electrons. The van der Waals surface area contributed by atoms with Crippen molar-refractivity contribution in [3.8, 4) is 6.07 Å². The molecule has 172 valence electrons. The molecule has 2 aliphatic rings. The highest BCUT2D eigenvalue weighted by atomic mass is 32.2. The number of nitriles is 1. The number of hydrogen-bond donors (Lipinski definition) is 0. The zero-order valence-electron chi connectivity index (χ0n) is 19.9. The molecule has 1 aliphatic heterocycles. The van der Waals surface area contributed by atoms with Crippen LogP contribution in [0.3, 0.4) is 0 Å². The molecule has 1 aromatic rings. The average molecular weight is 458 g/mol. The molecule has 0 aromatic heterocycles. The summed E-state index contributed by atoms with van der Waals surface area (Å²) in [5.74, 6) is 4.25. The molecule has 0 bridgehead atoms. The highest BCUT2D eigenvalue weighted by molar-refractivity contribution is 8.16. The Morgan fingerprint density at radius 1 is 0.871 bits per heavy atom. The quantitative estimate of drug-likeness (QED) is 0.309. The predicted octanol–water partition coefficient (Wildman–Crippen LogP) is 9.50. The van der Waals surface area contributed by atoms with Gasteiger partial charge in [-0.05, 0) is 73.0 Å². The van der Waals surface area contributed by atoms with Gasteiger partial charge in [0.25, 0.3) is 0 Å². The summed E-state index contributed by atoms with van der Waals surface area (Å²) in [6.07, 6.45) is 16.5. The summed E-state index contributed by atoms with van der Waals surface area (Å²) in [5, 5.41) is 9.75. The molecule has 1 saturated carbocycles. The van der Waals surface area contributed by atoms with E-state index in [-0.39, 0.29) is 5.41 Å². The van der Waals surface area contributed by atoms with Crippen LogP contribution in [0.2, 0.25) is 0 Å². The Morgan fingerprint density at radius 3 is 2.10 bits per heavy atom. The number of nitrogens with zero attached hydrogens (tertiary/aromatic N) is 1. The van der Waals surface area contributed by atoms with Crippen molar-refractivity contribution >= 4 is 23.5 Å². The van der Waals surface area contributed by atoms with Crippen molar-refractivity contribution in [3.05, 3.63) is 35.4 Å². The van der Waals surface area contributed by atoms with E-state index >= 15 is 0 Å². The monoisotopic (exact) mass is 457 g/mol. The van der Waals surface area contributed by atoms with E-state index in [4.69, 9.17) is 0 Å². The van der Waals surface area contributed by atoms with E-state index in [0.717, 1.165) is 25.2 Å². The standard InChI is InChI=1S/C28H43NS2/c1-3-5-7-8-9-10-23-20-30-27(31-21-23)26-13-11-24(12-14-26)25-15-18-28(22-29,19-16-25)17-6-4-2/h11-14,23,25,27H,3-10,15-21H2,1-2H3. The third-order valence-electron chi connectivity index (χ3n) is 7.55. The second kappa shape index (κ2) is 13.2. The SMILES string of the molecule is CCCCCCCC1CSC(c2ccc(C3CCC(C#N)(CCCC)CC3)cc2)SC1. The van der Waals surface area contributed by atoms with Crippen molar-refractivity contribution in [2.75, 3.05) is 11.5 Å². The maximum Gasteiger partial charge on any atom is 0.0751 e. The summed E-state index contributed by atoms with van der Waals surface area (Å²) in [5.41, 5.74) is 2.97. The molecule has 31 heavy (non-hydrogen) atoms. The fraction of sp³-hybridized carbons (Fsp3) is 0.750. The zero-order valence-corrected chi connectivity index (χ0v) is 21.5. The summed E-state index contributed by atoms with van der Waals surface area (Å²) in [7, 11) is 0. The third kappa shape index (κ3) is 7.46. The van der Waals surface area contributed by atoms with Crippen molar-refractivity contribution in [1.29, 1.82) is 5.26 Å². The van der Waals surface area contributed by atoms with E-state index in [9.17, 15) is 5.26 Å². The Kier molecular flexibility index (Phi) is 10.7. The molecule has 3 heteroatoms. The van der Waals surface area contributed by atoms with Crippen molar-refractivity contribution in [2.24, 2.45) is 11.3 Å². The minimum absolute atomic E-state index is 0.0334. The lowest BCUT2D eigenvalue weighted by molar-refractivity contribution is 0.224. The number of thioether (sulfide) groups is 2. The van der Waals surface area contributed by atoms with Crippen LogP contribution in [0.25, 0.3) is 0 Å². The summed E-state index contributed by atoms with van der Waals surface area (Å²) < 4.78 is 0.622. The number of rotatable bonds is 11. The van der Waals surface area contributed by atoms with Crippen molar-refractivity contribution < 1.29 is 0 Å². The van der Waals surface area contributed by atoms with Gasteiger partial charge in [-0.3, -0.25) is 0 Å². The fourth-order valence-corrected chi connectivity index (χ4v) is 8.47. The van der Waals surface area contributed by atoms with Gasteiger partial charge in [-0.1, -0.05) is 83.1 Å². The van der Waals surface area contributed by atoms with Gasteiger partial charge in [0.1, 0.15) is 0 Å². The van der Waals surface area contributed by atoms with Crippen LogP contribution in [-0.4, -0.2) is 11.5 Å². The highest BCUT2D eigenvalue weighted by Gasteiger charge is 2.35. The van der Waals surface area contributed by atoms with Crippen molar-refractivity contribution in [2.45, 2.75) is 108 Å². The largest absolute Gasteiger partial charge is 0.198 e. The maximum atomic E-state index is 9.75. The van der Waals surface area contributed by atoms with Gasteiger partial charge < -0.3 is 0 Å². The van der Waals surface area contributed by atoms with E-state index in [1.165, 1.54) is 86.8 Å². The van der Waals surface area contributed by atoms with Gasteiger partial charge in [-0.15, -0.1) is 23.5 Å². The Morgan fingerprint density at radius 2 is 1.48 bits per heavy atom.